The van der Waals surface area contributed by atoms with Gasteiger partial charge in [0, 0.05) is 45.0 Å². The molecular formula is C25H37N3O2. The lowest BCUT2D eigenvalue weighted by Gasteiger charge is -2.29. The Kier molecular flexibility index (Phi) is 5.58. The van der Waals surface area contributed by atoms with E-state index < -0.39 is 0 Å². The number of fused-ring (bicyclic) bond motifs is 1. The molecule has 2 N–H and O–H groups in total. The number of anilines is 1. The molecule has 30 heavy (non-hydrogen) atoms. The molecule has 0 saturated carbocycles. The SMILES string of the molecule is Cc1ccc(Cc2cc3c([nH]c2=O)C(C)(C)CN3C(=O)CC2CCN[C@H](C)C2)cc1.[HH].[HH]. The average molecular weight is 412 g/mol. The maximum absolute atomic E-state index is 13.3. The third-order valence-electron chi connectivity index (χ3n) is 6.63. The van der Waals surface area contributed by atoms with Gasteiger partial charge in [0.05, 0.1) is 5.69 Å². The first-order chi connectivity index (χ1) is 14.2. The largest absolute Gasteiger partial charge is 0.323 e. The minimum atomic E-state index is -0.256. The summed E-state index contributed by atoms with van der Waals surface area (Å²) in [6, 6.07) is 10.7. The Balaban J connectivity index is 0.00000181. The minimum absolute atomic E-state index is 0. The monoisotopic (exact) mass is 411 g/mol. The number of pyridine rings is 1. The maximum Gasteiger partial charge on any atom is 0.251 e. The molecule has 2 aliphatic heterocycles. The van der Waals surface area contributed by atoms with E-state index in [9.17, 15) is 9.59 Å². The van der Waals surface area contributed by atoms with Crippen molar-refractivity contribution in [2.45, 2.75) is 64.8 Å². The van der Waals surface area contributed by atoms with Gasteiger partial charge < -0.3 is 15.2 Å². The van der Waals surface area contributed by atoms with Gasteiger partial charge in [0.1, 0.15) is 0 Å². The van der Waals surface area contributed by atoms with Gasteiger partial charge in [-0.1, -0.05) is 43.7 Å². The summed E-state index contributed by atoms with van der Waals surface area (Å²) in [6.07, 6.45) is 3.23. The number of hydrogen-bond donors (Lipinski definition) is 2. The predicted octanol–water partition coefficient (Wildman–Crippen LogP) is 4.17. The van der Waals surface area contributed by atoms with Gasteiger partial charge in [-0.25, -0.2) is 0 Å². The van der Waals surface area contributed by atoms with Crippen LogP contribution in [-0.2, 0) is 16.6 Å². The lowest BCUT2D eigenvalue weighted by Crippen LogP contribution is -2.39. The summed E-state index contributed by atoms with van der Waals surface area (Å²) in [5.41, 5.74) is 4.47. The van der Waals surface area contributed by atoms with Crippen molar-refractivity contribution in [3.63, 3.8) is 0 Å². The number of carbonyl (C=O) groups excluding carboxylic acids is 1. The predicted molar refractivity (Wildman–Crippen MR) is 125 cm³/mol. The highest BCUT2D eigenvalue weighted by Crippen LogP contribution is 2.39. The minimum Gasteiger partial charge on any atom is -0.323 e. The molecule has 1 aromatic heterocycles. The van der Waals surface area contributed by atoms with Crippen LogP contribution in [0.15, 0.2) is 35.1 Å². The van der Waals surface area contributed by atoms with Crippen LogP contribution in [-0.4, -0.2) is 30.0 Å². The number of nitrogens with zero attached hydrogens (tertiary/aromatic N) is 1. The van der Waals surface area contributed by atoms with Gasteiger partial charge in [0.25, 0.3) is 5.56 Å². The van der Waals surface area contributed by atoms with Crippen molar-refractivity contribution in [1.82, 2.24) is 10.3 Å². The van der Waals surface area contributed by atoms with E-state index in [-0.39, 0.29) is 19.7 Å². The second-order valence-corrected chi connectivity index (χ2v) is 9.86. The van der Waals surface area contributed by atoms with Crippen molar-refractivity contribution in [2.24, 2.45) is 5.92 Å². The Morgan fingerprint density at radius 3 is 2.70 bits per heavy atom. The number of aryl methyl sites for hydroxylation is 1. The second kappa shape index (κ2) is 8.03. The maximum atomic E-state index is 13.3. The Labute approximate surface area is 181 Å². The van der Waals surface area contributed by atoms with Crippen molar-refractivity contribution < 1.29 is 7.65 Å². The molecule has 4 rings (SSSR count). The van der Waals surface area contributed by atoms with Gasteiger partial charge in [0.15, 0.2) is 0 Å². The van der Waals surface area contributed by atoms with Crippen LogP contribution in [0.25, 0.3) is 0 Å². The fraction of sp³-hybridized carbons (Fsp3) is 0.520. The first-order valence-corrected chi connectivity index (χ1v) is 11.1. The number of H-pyrrole nitrogens is 1. The molecule has 5 heteroatoms. The summed E-state index contributed by atoms with van der Waals surface area (Å²) < 4.78 is 0. The number of piperidine rings is 1. The first kappa shape index (κ1) is 20.9. The smallest absolute Gasteiger partial charge is 0.251 e. The van der Waals surface area contributed by atoms with Crippen LogP contribution < -0.4 is 15.8 Å². The van der Waals surface area contributed by atoms with E-state index in [0.29, 0.717) is 36.9 Å². The highest BCUT2D eigenvalue weighted by molar-refractivity contribution is 5.96. The Morgan fingerprint density at radius 1 is 1.27 bits per heavy atom. The van der Waals surface area contributed by atoms with Crippen LogP contribution >= 0.6 is 0 Å². The van der Waals surface area contributed by atoms with E-state index in [0.717, 1.165) is 36.3 Å². The summed E-state index contributed by atoms with van der Waals surface area (Å²) in [6.45, 7) is 10.0. The highest BCUT2D eigenvalue weighted by Gasteiger charge is 2.40. The van der Waals surface area contributed by atoms with E-state index in [1.807, 2.05) is 11.0 Å². The summed E-state index contributed by atoms with van der Waals surface area (Å²) in [7, 11) is 0. The molecule has 0 bridgehead atoms. The van der Waals surface area contributed by atoms with Crippen LogP contribution in [0.4, 0.5) is 5.69 Å². The molecule has 1 fully saturated rings. The van der Waals surface area contributed by atoms with E-state index >= 15 is 0 Å². The van der Waals surface area contributed by atoms with Crippen molar-refractivity contribution in [3.8, 4) is 0 Å². The topological polar surface area (TPSA) is 65.2 Å². The molecule has 1 amide bonds. The number of nitrogens with one attached hydrogen (secondary N) is 2. The Morgan fingerprint density at radius 2 is 2.00 bits per heavy atom. The zero-order chi connectivity index (χ0) is 21.5. The average Bonchev–Trinajstić information content (AvgIpc) is 2.94. The molecule has 5 nitrogen and oxygen atoms in total. The fourth-order valence-electron chi connectivity index (χ4n) is 4.91. The third kappa shape index (κ3) is 4.22. The van der Waals surface area contributed by atoms with Gasteiger partial charge in [-0.3, -0.25) is 9.59 Å². The molecule has 2 atom stereocenters. The zero-order valence-corrected chi connectivity index (χ0v) is 18.5. The van der Waals surface area contributed by atoms with Gasteiger partial charge in [-0.2, -0.15) is 0 Å². The van der Waals surface area contributed by atoms with Crippen LogP contribution in [0.1, 0.15) is 65.3 Å². The van der Waals surface area contributed by atoms with E-state index in [1.165, 1.54) is 5.56 Å². The summed E-state index contributed by atoms with van der Waals surface area (Å²) in [5, 5.41) is 3.46. The van der Waals surface area contributed by atoms with E-state index in [4.69, 9.17) is 0 Å². The number of aromatic nitrogens is 1. The van der Waals surface area contributed by atoms with Crippen LogP contribution in [0.5, 0.6) is 0 Å². The number of aromatic amines is 1. The van der Waals surface area contributed by atoms with Crippen LogP contribution in [0, 0.1) is 12.8 Å². The first-order valence-electron chi connectivity index (χ1n) is 11.1. The zero-order valence-electron chi connectivity index (χ0n) is 18.5. The van der Waals surface area contributed by atoms with E-state index in [1.54, 1.807) is 0 Å². The molecule has 3 heterocycles. The molecule has 2 aliphatic rings. The quantitative estimate of drug-likeness (QED) is 0.794. The Bertz CT molecular complexity index is 1000. The summed E-state index contributed by atoms with van der Waals surface area (Å²) in [4.78, 5) is 31.1. The molecular weight excluding hydrogens is 374 g/mol. The summed E-state index contributed by atoms with van der Waals surface area (Å²) >= 11 is 0. The molecule has 1 unspecified atom stereocenters. The van der Waals surface area contributed by atoms with Gasteiger partial charge in [0.2, 0.25) is 5.91 Å². The molecule has 0 radical (unpaired) electrons. The lowest BCUT2D eigenvalue weighted by molar-refractivity contribution is -0.119. The highest BCUT2D eigenvalue weighted by atomic mass is 16.2. The molecule has 164 valence electrons. The van der Waals surface area contributed by atoms with Crippen molar-refractivity contribution >= 4 is 11.6 Å². The lowest BCUT2D eigenvalue weighted by atomic mass is 9.89. The van der Waals surface area contributed by atoms with Gasteiger partial charge >= 0.3 is 0 Å². The molecule has 0 spiro atoms. The molecule has 1 aromatic carbocycles. The number of rotatable bonds is 4. The van der Waals surface area contributed by atoms with Gasteiger partial charge in [-0.05, 0) is 50.8 Å². The number of carbonyl (C=O) groups is 1. The molecule has 2 aromatic rings. The summed E-state index contributed by atoms with van der Waals surface area (Å²) in [5.74, 6) is 0.602. The number of hydrogen-bond acceptors (Lipinski definition) is 3. The standard InChI is InChI=1S/C25H33N3O2.2H2/c1-16-5-7-18(8-6-16)12-20-14-21-23(27-24(20)30)25(3,4)15-28(21)22(29)13-19-9-10-26-17(2)11-19;;/h5-8,14,17,19,26H,9-13,15H2,1-4H3,(H,27,30);2*1H/t17-,19?;;/m1../s1. The Hall–Kier alpha value is -2.40. The van der Waals surface area contributed by atoms with Crippen LogP contribution in [0.3, 0.4) is 0 Å². The molecule has 1 saturated heterocycles. The van der Waals surface area contributed by atoms with Crippen molar-refractivity contribution in [2.75, 3.05) is 18.0 Å². The number of benzene rings is 1. The van der Waals surface area contributed by atoms with Gasteiger partial charge in [-0.15, -0.1) is 0 Å². The normalized spacial score (nSPS) is 22.7. The fourth-order valence-corrected chi connectivity index (χ4v) is 4.91. The second-order valence-electron chi connectivity index (χ2n) is 9.86. The number of amides is 1. The molecule has 0 aliphatic carbocycles. The van der Waals surface area contributed by atoms with E-state index in [2.05, 4.69) is 62.3 Å². The van der Waals surface area contributed by atoms with Crippen molar-refractivity contribution in [3.05, 3.63) is 63.1 Å². The van der Waals surface area contributed by atoms with Crippen LogP contribution in [0.2, 0.25) is 0 Å². The van der Waals surface area contributed by atoms with Crippen molar-refractivity contribution in [1.29, 1.82) is 0 Å². The third-order valence-corrected chi connectivity index (χ3v) is 6.63.